The summed E-state index contributed by atoms with van der Waals surface area (Å²) in [6, 6.07) is 4.21. The Hall–Kier alpha value is -1.29. The van der Waals surface area contributed by atoms with Crippen molar-refractivity contribution in [3.8, 4) is 0 Å². The Balaban J connectivity index is 2.20. The highest BCUT2D eigenvalue weighted by Gasteiger charge is 2.06. The van der Waals surface area contributed by atoms with Crippen LogP contribution >= 0.6 is 11.3 Å². The normalized spacial score (nSPS) is 10.4. The molecule has 0 atom stereocenters. The third-order valence-electron chi connectivity index (χ3n) is 2.14. The Kier molecular flexibility index (Phi) is 2.54. The summed E-state index contributed by atoms with van der Waals surface area (Å²) in [5.74, 6) is 0.842. The van der Waals surface area contributed by atoms with E-state index in [0.29, 0.717) is 0 Å². The van der Waals surface area contributed by atoms with Crippen molar-refractivity contribution < 1.29 is 0 Å². The Morgan fingerprint density at radius 3 is 3.00 bits per heavy atom. The van der Waals surface area contributed by atoms with Gasteiger partial charge in [-0.3, -0.25) is 0 Å². The Bertz CT molecular complexity index is 403. The first-order valence-electron chi connectivity index (χ1n) is 4.55. The third-order valence-corrected chi connectivity index (χ3v) is 3.02. The van der Waals surface area contributed by atoms with Gasteiger partial charge in [0.15, 0.2) is 5.95 Å². The quantitative estimate of drug-likeness (QED) is 0.811. The average Bonchev–Trinajstić information content (AvgIpc) is 2.78. The number of nitrogens with one attached hydrogen (secondary N) is 2. The van der Waals surface area contributed by atoms with E-state index in [1.54, 1.807) is 11.3 Å². The number of hydrogen-bond donors (Lipinski definition) is 2. The minimum Gasteiger partial charge on any atom is -0.359 e. The number of aromatic nitrogens is 2. The fourth-order valence-corrected chi connectivity index (χ4v) is 2.07. The Morgan fingerprint density at radius 2 is 2.43 bits per heavy atom. The van der Waals surface area contributed by atoms with Gasteiger partial charge in [0.05, 0.1) is 5.69 Å². The summed E-state index contributed by atoms with van der Waals surface area (Å²) < 4.78 is 0. The van der Waals surface area contributed by atoms with E-state index in [-0.39, 0.29) is 0 Å². The van der Waals surface area contributed by atoms with Crippen LogP contribution in [0, 0.1) is 6.92 Å². The number of hydrogen-bond acceptors (Lipinski definition) is 3. The van der Waals surface area contributed by atoms with Gasteiger partial charge >= 0.3 is 0 Å². The number of anilines is 1. The standard InChI is InChI=1S/C10H13N3S/c1-7-9(13-10(11-2)12-7)6-8-4-3-5-14-8/h3-5H,6H2,1-2H3,(H2,11,12,13). The zero-order chi connectivity index (χ0) is 9.97. The van der Waals surface area contributed by atoms with E-state index in [0.717, 1.165) is 23.8 Å². The van der Waals surface area contributed by atoms with Gasteiger partial charge in [-0.2, -0.15) is 0 Å². The lowest BCUT2D eigenvalue weighted by molar-refractivity contribution is 1.10. The Morgan fingerprint density at radius 1 is 1.57 bits per heavy atom. The van der Waals surface area contributed by atoms with Gasteiger partial charge in [0.2, 0.25) is 0 Å². The van der Waals surface area contributed by atoms with E-state index >= 15 is 0 Å². The van der Waals surface area contributed by atoms with Crippen LogP contribution in [0.15, 0.2) is 17.5 Å². The van der Waals surface area contributed by atoms with E-state index in [1.165, 1.54) is 4.88 Å². The molecule has 0 aliphatic carbocycles. The van der Waals surface area contributed by atoms with Crippen molar-refractivity contribution in [2.24, 2.45) is 0 Å². The van der Waals surface area contributed by atoms with Gasteiger partial charge in [-0.15, -0.1) is 11.3 Å². The van der Waals surface area contributed by atoms with Crippen molar-refractivity contribution in [2.45, 2.75) is 13.3 Å². The van der Waals surface area contributed by atoms with Crippen molar-refractivity contribution in [1.29, 1.82) is 0 Å². The van der Waals surface area contributed by atoms with E-state index in [2.05, 4.69) is 39.7 Å². The molecule has 0 radical (unpaired) electrons. The highest BCUT2D eigenvalue weighted by Crippen LogP contribution is 2.17. The van der Waals surface area contributed by atoms with Crippen molar-refractivity contribution >= 4 is 17.3 Å². The van der Waals surface area contributed by atoms with Gasteiger partial charge in [-0.05, 0) is 18.4 Å². The van der Waals surface area contributed by atoms with Crippen LogP contribution in [0.3, 0.4) is 0 Å². The summed E-state index contributed by atoms with van der Waals surface area (Å²) in [5, 5.41) is 5.10. The van der Waals surface area contributed by atoms with E-state index in [9.17, 15) is 0 Å². The maximum absolute atomic E-state index is 4.44. The fourth-order valence-electron chi connectivity index (χ4n) is 1.37. The zero-order valence-electron chi connectivity index (χ0n) is 8.29. The first-order valence-corrected chi connectivity index (χ1v) is 5.43. The first kappa shape index (κ1) is 9.27. The first-order chi connectivity index (χ1) is 6.79. The summed E-state index contributed by atoms with van der Waals surface area (Å²) in [6.07, 6.45) is 0.918. The highest BCUT2D eigenvalue weighted by molar-refractivity contribution is 7.09. The summed E-state index contributed by atoms with van der Waals surface area (Å²) in [4.78, 5) is 8.98. The molecule has 2 rings (SSSR count). The van der Waals surface area contributed by atoms with Crippen LogP contribution in [0.25, 0.3) is 0 Å². The molecule has 2 aromatic heterocycles. The van der Waals surface area contributed by atoms with E-state index < -0.39 is 0 Å². The van der Waals surface area contributed by atoms with E-state index in [4.69, 9.17) is 0 Å². The minimum absolute atomic E-state index is 0.842. The maximum atomic E-state index is 4.44. The topological polar surface area (TPSA) is 40.7 Å². The second-order valence-electron chi connectivity index (χ2n) is 3.16. The number of nitrogens with zero attached hydrogens (tertiary/aromatic N) is 1. The van der Waals surface area contributed by atoms with Crippen LogP contribution in [-0.4, -0.2) is 17.0 Å². The largest absolute Gasteiger partial charge is 0.359 e. The van der Waals surface area contributed by atoms with Crippen LogP contribution in [0.4, 0.5) is 5.95 Å². The van der Waals surface area contributed by atoms with Crippen LogP contribution in [0.5, 0.6) is 0 Å². The molecule has 4 heteroatoms. The average molecular weight is 207 g/mol. The van der Waals surface area contributed by atoms with Gasteiger partial charge < -0.3 is 10.3 Å². The summed E-state index contributed by atoms with van der Waals surface area (Å²) in [6.45, 7) is 2.05. The predicted molar refractivity (Wildman–Crippen MR) is 60.0 cm³/mol. The molecule has 74 valence electrons. The second-order valence-corrected chi connectivity index (χ2v) is 4.20. The molecule has 0 spiro atoms. The molecule has 0 saturated heterocycles. The number of rotatable bonds is 3. The Labute approximate surface area is 87.2 Å². The third kappa shape index (κ3) is 1.80. The molecule has 14 heavy (non-hydrogen) atoms. The molecule has 0 bridgehead atoms. The van der Waals surface area contributed by atoms with Gasteiger partial charge in [0.25, 0.3) is 0 Å². The van der Waals surface area contributed by atoms with Crippen LogP contribution in [0.2, 0.25) is 0 Å². The molecule has 0 amide bonds. The van der Waals surface area contributed by atoms with Crippen molar-refractivity contribution in [1.82, 2.24) is 9.97 Å². The molecule has 0 saturated carbocycles. The molecule has 0 aliphatic rings. The SMILES string of the molecule is CNc1nc(Cc2cccs2)c(C)[nH]1. The van der Waals surface area contributed by atoms with E-state index in [1.807, 2.05) is 7.05 Å². The number of thiophene rings is 1. The summed E-state index contributed by atoms with van der Waals surface area (Å²) in [7, 11) is 1.87. The molecule has 2 aromatic rings. The molecular formula is C10H13N3S. The number of aromatic amines is 1. The highest BCUT2D eigenvalue weighted by atomic mass is 32.1. The van der Waals surface area contributed by atoms with Crippen molar-refractivity contribution in [3.05, 3.63) is 33.8 Å². The molecule has 0 fully saturated rings. The fraction of sp³-hybridized carbons (Fsp3) is 0.300. The van der Waals surface area contributed by atoms with Gasteiger partial charge in [-0.25, -0.2) is 4.98 Å². The van der Waals surface area contributed by atoms with Gasteiger partial charge in [0, 0.05) is 24.0 Å². The maximum Gasteiger partial charge on any atom is 0.200 e. The monoisotopic (exact) mass is 207 g/mol. The number of H-pyrrole nitrogens is 1. The van der Waals surface area contributed by atoms with Crippen LogP contribution in [0.1, 0.15) is 16.3 Å². The minimum atomic E-state index is 0.842. The van der Waals surface area contributed by atoms with Gasteiger partial charge in [0.1, 0.15) is 0 Å². The summed E-state index contributed by atoms with van der Waals surface area (Å²) in [5.41, 5.74) is 2.26. The van der Waals surface area contributed by atoms with Crippen LogP contribution < -0.4 is 5.32 Å². The predicted octanol–water partition coefficient (Wildman–Crippen LogP) is 2.41. The zero-order valence-corrected chi connectivity index (χ0v) is 9.11. The van der Waals surface area contributed by atoms with Gasteiger partial charge in [-0.1, -0.05) is 6.07 Å². The molecule has 0 aliphatic heterocycles. The molecule has 3 nitrogen and oxygen atoms in total. The molecule has 2 N–H and O–H groups in total. The lowest BCUT2D eigenvalue weighted by atomic mass is 10.2. The molecule has 0 aromatic carbocycles. The van der Waals surface area contributed by atoms with Crippen molar-refractivity contribution in [3.63, 3.8) is 0 Å². The summed E-state index contributed by atoms with van der Waals surface area (Å²) >= 11 is 1.77. The molecular weight excluding hydrogens is 194 g/mol. The van der Waals surface area contributed by atoms with Crippen LogP contribution in [-0.2, 0) is 6.42 Å². The number of aryl methyl sites for hydroxylation is 1. The number of imidazole rings is 1. The molecule has 2 heterocycles. The second kappa shape index (κ2) is 3.84. The lowest BCUT2D eigenvalue weighted by Gasteiger charge is -1.93. The smallest absolute Gasteiger partial charge is 0.200 e. The lowest BCUT2D eigenvalue weighted by Crippen LogP contribution is -1.90. The van der Waals surface area contributed by atoms with Crippen molar-refractivity contribution in [2.75, 3.05) is 12.4 Å². The molecule has 0 unspecified atom stereocenters.